The van der Waals surface area contributed by atoms with Crippen LogP contribution in [0.3, 0.4) is 0 Å². The number of phenols is 2. The van der Waals surface area contributed by atoms with Gasteiger partial charge in [0, 0.05) is 17.5 Å². The van der Waals surface area contributed by atoms with Gasteiger partial charge in [-0.3, -0.25) is 19.2 Å². The fraction of sp³-hybridized carbons (Fsp3) is 0.265. The van der Waals surface area contributed by atoms with E-state index in [2.05, 4.69) is 4.74 Å². The summed E-state index contributed by atoms with van der Waals surface area (Å²) in [7, 11) is 0. The minimum atomic E-state index is -5.18. The molecule has 7 rings (SSSR count). The molecule has 2 heterocycles. The molecular formula is C34H22Cl2F4N2O9. The van der Waals surface area contributed by atoms with Gasteiger partial charge in [0.05, 0.1) is 23.2 Å². The van der Waals surface area contributed by atoms with Crippen molar-refractivity contribution in [3.8, 4) is 17.2 Å². The lowest BCUT2D eigenvalue weighted by molar-refractivity contribution is -0.274. The highest BCUT2D eigenvalue weighted by Crippen LogP contribution is 2.66. The van der Waals surface area contributed by atoms with E-state index in [1.807, 2.05) is 0 Å². The van der Waals surface area contributed by atoms with Crippen molar-refractivity contribution in [3.05, 3.63) is 89.3 Å². The number of carboxylic acids is 1. The molecule has 17 heteroatoms. The largest absolute Gasteiger partial charge is 0.573 e. The molecule has 3 aromatic carbocycles. The number of alkyl halides is 5. The number of aromatic hydroxyl groups is 2. The summed E-state index contributed by atoms with van der Waals surface area (Å²) in [4.78, 5) is 64.5. The van der Waals surface area contributed by atoms with Crippen molar-refractivity contribution in [1.82, 2.24) is 0 Å². The number of halogens is 6. The van der Waals surface area contributed by atoms with Gasteiger partial charge in [0.15, 0.2) is 9.75 Å². The number of rotatable bonds is 5. The van der Waals surface area contributed by atoms with E-state index in [1.165, 1.54) is 6.08 Å². The number of allylic oxidation sites excluding steroid dienone is 2. The Morgan fingerprint density at radius 3 is 2.14 bits per heavy atom. The SMILES string of the molecule is O=C(O)c1ccc(N2C(=O)C3CC=C4C(CC5(Cl)C(=O)N(c6ccc(F)cc6)C(=O)C5(Cl)C4c4cc(OC(F)(F)F)ccc4O)C3C2=O)cc1O. The van der Waals surface area contributed by atoms with Gasteiger partial charge < -0.3 is 20.1 Å². The lowest BCUT2D eigenvalue weighted by Crippen LogP contribution is -2.60. The Bertz CT molecular complexity index is 2110. The molecule has 6 unspecified atom stereocenters. The van der Waals surface area contributed by atoms with Crippen LogP contribution in [0.15, 0.2) is 72.3 Å². The third kappa shape index (κ3) is 4.96. The Balaban J connectivity index is 1.40. The first-order valence-electron chi connectivity index (χ1n) is 15.1. The second-order valence-corrected chi connectivity index (χ2v) is 13.8. The number of hydrogen-bond acceptors (Lipinski definition) is 8. The molecule has 3 N–H and O–H groups in total. The minimum Gasteiger partial charge on any atom is -0.508 e. The molecule has 6 atom stereocenters. The second kappa shape index (κ2) is 11.4. The van der Waals surface area contributed by atoms with Gasteiger partial charge in [-0.15, -0.1) is 36.4 Å². The van der Waals surface area contributed by atoms with Crippen LogP contribution in [0, 0.1) is 23.6 Å². The van der Waals surface area contributed by atoms with Gasteiger partial charge in [-0.05, 0) is 73.4 Å². The first-order chi connectivity index (χ1) is 23.9. The maximum absolute atomic E-state index is 14.4. The molecule has 2 aliphatic heterocycles. The summed E-state index contributed by atoms with van der Waals surface area (Å²) >= 11 is 14.4. The molecule has 4 aliphatic rings. The number of hydrogen-bond donors (Lipinski definition) is 3. The van der Waals surface area contributed by atoms with Crippen molar-refractivity contribution in [2.45, 2.75) is 34.9 Å². The fourth-order valence-corrected chi connectivity index (χ4v) is 8.73. The average molecular weight is 749 g/mol. The van der Waals surface area contributed by atoms with Gasteiger partial charge >= 0.3 is 12.3 Å². The zero-order valence-corrected chi connectivity index (χ0v) is 27.0. The highest BCUT2D eigenvalue weighted by atomic mass is 35.5. The number of fused-ring (bicyclic) bond motifs is 4. The number of amides is 4. The zero-order chi connectivity index (χ0) is 36.9. The summed E-state index contributed by atoms with van der Waals surface area (Å²) in [5.41, 5.74) is -1.08. The number of carbonyl (C=O) groups excluding carboxylic acids is 4. The Morgan fingerprint density at radius 1 is 0.843 bits per heavy atom. The second-order valence-electron chi connectivity index (χ2n) is 12.5. The predicted molar refractivity (Wildman–Crippen MR) is 169 cm³/mol. The van der Waals surface area contributed by atoms with Crippen LogP contribution in [0.4, 0.5) is 28.9 Å². The molecule has 11 nitrogen and oxygen atoms in total. The molecular weight excluding hydrogens is 727 g/mol. The van der Waals surface area contributed by atoms with Gasteiger partial charge in [-0.25, -0.2) is 19.0 Å². The fourth-order valence-electron chi connectivity index (χ4n) is 7.80. The Labute approximate surface area is 294 Å². The number of aromatic carboxylic acids is 1. The molecule has 1 saturated carbocycles. The van der Waals surface area contributed by atoms with Crippen LogP contribution < -0.4 is 14.5 Å². The standard InChI is InChI=1S/C34H22Cl2F4N2O9/c35-32-13-22-18(8-9-20-25(22)28(46)41(27(20)45)16-5-7-19(29(47)48)24(44)11-16)26(21-12-17(6-10-23(21)43)51-34(38,39)40)33(32,36)31(50)42(30(32)49)15-3-1-14(37)2-4-15/h1-8,10-12,20,22,25-26,43-44H,9,13H2,(H,47,48). The quantitative estimate of drug-likeness (QED) is 0.131. The van der Waals surface area contributed by atoms with E-state index in [1.54, 1.807) is 0 Å². The number of phenolic OH excluding ortho intramolecular Hbond substituents is 1. The number of nitrogens with zero attached hydrogens (tertiary/aromatic N) is 2. The minimum absolute atomic E-state index is 0.121. The molecule has 4 amide bonds. The lowest BCUT2D eigenvalue weighted by Gasteiger charge is -2.50. The maximum Gasteiger partial charge on any atom is 0.573 e. The van der Waals surface area contributed by atoms with E-state index in [4.69, 9.17) is 23.2 Å². The predicted octanol–water partition coefficient (Wildman–Crippen LogP) is 5.60. The van der Waals surface area contributed by atoms with Crippen LogP contribution in [0.2, 0.25) is 0 Å². The summed E-state index contributed by atoms with van der Waals surface area (Å²) in [6, 6.07) is 9.66. The van der Waals surface area contributed by atoms with Crippen molar-refractivity contribution >= 4 is 64.2 Å². The Hall–Kier alpha value is -5.15. The van der Waals surface area contributed by atoms with Crippen molar-refractivity contribution in [2.24, 2.45) is 17.8 Å². The molecule has 51 heavy (non-hydrogen) atoms. The molecule has 3 fully saturated rings. The van der Waals surface area contributed by atoms with Gasteiger partial charge in [0.1, 0.15) is 28.6 Å². The number of imide groups is 2. The monoisotopic (exact) mass is 748 g/mol. The number of carboxylic acid groups (broad SMARTS) is 1. The van der Waals surface area contributed by atoms with E-state index in [0.717, 1.165) is 65.6 Å². The Kier molecular flexibility index (Phi) is 7.69. The molecule has 0 bridgehead atoms. The summed E-state index contributed by atoms with van der Waals surface area (Å²) in [5, 5.41) is 30.7. The van der Waals surface area contributed by atoms with Crippen molar-refractivity contribution in [2.75, 3.05) is 9.80 Å². The van der Waals surface area contributed by atoms with E-state index in [9.17, 15) is 56.9 Å². The number of anilines is 2. The number of carbonyl (C=O) groups is 5. The summed E-state index contributed by atoms with van der Waals surface area (Å²) in [6.45, 7) is 0. The first-order valence-corrected chi connectivity index (χ1v) is 15.9. The molecule has 0 aromatic heterocycles. The van der Waals surface area contributed by atoms with Crippen LogP contribution >= 0.6 is 23.2 Å². The number of benzene rings is 3. The van der Waals surface area contributed by atoms with Crippen LogP contribution in [0.1, 0.15) is 34.7 Å². The molecule has 2 aliphatic carbocycles. The molecule has 2 saturated heterocycles. The summed E-state index contributed by atoms with van der Waals surface area (Å²) < 4.78 is 57.9. The third-order valence-corrected chi connectivity index (χ3v) is 11.3. The first kappa shape index (κ1) is 34.3. The van der Waals surface area contributed by atoms with E-state index in [-0.39, 0.29) is 23.4 Å². The zero-order valence-electron chi connectivity index (χ0n) is 25.5. The summed E-state index contributed by atoms with van der Waals surface area (Å²) in [5.74, 6) is -13.5. The van der Waals surface area contributed by atoms with Gasteiger partial charge in [0.25, 0.3) is 11.8 Å². The van der Waals surface area contributed by atoms with E-state index >= 15 is 0 Å². The highest BCUT2D eigenvalue weighted by Gasteiger charge is 2.77. The van der Waals surface area contributed by atoms with Crippen LogP contribution in [0.25, 0.3) is 0 Å². The molecule has 0 spiro atoms. The van der Waals surface area contributed by atoms with Crippen LogP contribution in [-0.2, 0) is 19.2 Å². The van der Waals surface area contributed by atoms with Crippen molar-refractivity contribution in [3.63, 3.8) is 0 Å². The van der Waals surface area contributed by atoms with Gasteiger partial charge in [-0.1, -0.05) is 11.6 Å². The molecule has 3 aromatic rings. The van der Waals surface area contributed by atoms with Crippen molar-refractivity contribution in [1.29, 1.82) is 0 Å². The van der Waals surface area contributed by atoms with Crippen molar-refractivity contribution < 1.29 is 61.6 Å². The Morgan fingerprint density at radius 2 is 1.51 bits per heavy atom. The van der Waals surface area contributed by atoms with Gasteiger partial charge in [-0.2, -0.15) is 0 Å². The highest BCUT2D eigenvalue weighted by molar-refractivity contribution is 6.58. The normalized spacial score (nSPS) is 28.7. The molecule has 0 radical (unpaired) electrons. The lowest BCUT2D eigenvalue weighted by atomic mass is 9.56. The van der Waals surface area contributed by atoms with E-state index in [0.29, 0.717) is 4.90 Å². The molecule has 264 valence electrons. The summed E-state index contributed by atoms with van der Waals surface area (Å²) in [6.07, 6.45) is -4.42. The van der Waals surface area contributed by atoms with Crippen LogP contribution in [-0.4, -0.2) is 61.0 Å². The maximum atomic E-state index is 14.4. The smallest absolute Gasteiger partial charge is 0.508 e. The van der Waals surface area contributed by atoms with Gasteiger partial charge in [0.2, 0.25) is 11.8 Å². The number of ether oxygens (including phenoxy) is 1. The third-order valence-electron chi connectivity index (χ3n) is 9.91. The average Bonchev–Trinajstić information content (AvgIpc) is 3.39. The topological polar surface area (TPSA) is 162 Å². The van der Waals surface area contributed by atoms with E-state index < -0.39 is 110 Å². The van der Waals surface area contributed by atoms with Crippen LogP contribution in [0.5, 0.6) is 17.2 Å².